The monoisotopic (exact) mass is 251 g/mol. The predicted molar refractivity (Wildman–Crippen MR) is 65.8 cm³/mol. The maximum Gasteiger partial charge on any atom is 0.126 e. The van der Waals surface area contributed by atoms with Crippen molar-refractivity contribution < 1.29 is 14.2 Å². The van der Waals surface area contributed by atoms with Crippen LogP contribution in [0.25, 0.3) is 0 Å². The minimum absolute atomic E-state index is 0.189. The van der Waals surface area contributed by atoms with Gasteiger partial charge in [0.15, 0.2) is 0 Å². The number of aliphatic hydroxyl groups is 1. The van der Waals surface area contributed by atoms with E-state index in [0.29, 0.717) is 38.0 Å². The summed E-state index contributed by atoms with van der Waals surface area (Å²) in [5.41, 5.74) is -0.215. The lowest BCUT2D eigenvalue weighted by Crippen LogP contribution is -2.60. The fourth-order valence-corrected chi connectivity index (χ4v) is 3.16. The quantitative estimate of drug-likeness (QED) is 0.831. The molecule has 3 rings (SSSR count). The third kappa shape index (κ3) is 2.41. The smallest absolute Gasteiger partial charge is 0.126 e. The lowest BCUT2D eigenvalue weighted by atomic mass is 9.79. The van der Waals surface area contributed by atoms with Crippen LogP contribution in [0.5, 0.6) is 0 Å². The molecule has 2 heterocycles. The van der Waals surface area contributed by atoms with Crippen LogP contribution in [0, 0.1) is 5.82 Å². The Bertz CT molecular complexity index is 426. The second kappa shape index (κ2) is 4.61. The van der Waals surface area contributed by atoms with Gasteiger partial charge in [-0.05, 0) is 24.5 Å². The van der Waals surface area contributed by atoms with Crippen LogP contribution in [-0.4, -0.2) is 36.0 Å². The van der Waals surface area contributed by atoms with E-state index in [1.165, 1.54) is 6.07 Å². The normalized spacial score (nSPS) is 35.4. The summed E-state index contributed by atoms with van der Waals surface area (Å²) in [5.74, 6) is -0.231. The molecular formula is C14H18FNO2. The van der Waals surface area contributed by atoms with Crippen molar-refractivity contribution in [1.29, 1.82) is 0 Å². The van der Waals surface area contributed by atoms with Gasteiger partial charge in [0, 0.05) is 18.5 Å². The van der Waals surface area contributed by atoms with Gasteiger partial charge in [0.2, 0.25) is 0 Å². The maximum atomic E-state index is 13.7. The van der Waals surface area contributed by atoms with Gasteiger partial charge >= 0.3 is 0 Å². The molecule has 4 heteroatoms. The first-order chi connectivity index (χ1) is 8.65. The zero-order valence-corrected chi connectivity index (χ0v) is 10.2. The highest BCUT2D eigenvalue weighted by atomic mass is 19.1. The molecule has 0 radical (unpaired) electrons. The summed E-state index contributed by atoms with van der Waals surface area (Å²) in [7, 11) is 0. The SMILES string of the molecule is OC1(Cc2ccccc2F)CC2COCC(C1)N2. The molecule has 0 spiro atoms. The Morgan fingerprint density at radius 1 is 1.28 bits per heavy atom. The van der Waals surface area contributed by atoms with Crippen LogP contribution in [0.2, 0.25) is 0 Å². The van der Waals surface area contributed by atoms with Crippen molar-refractivity contribution in [3.63, 3.8) is 0 Å². The Morgan fingerprint density at radius 3 is 2.61 bits per heavy atom. The maximum absolute atomic E-state index is 13.7. The number of rotatable bonds is 2. The van der Waals surface area contributed by atoms with E-state index in [4.69, 9.17) is 4.74 Å². The Kier molecular flexibility index (Phi) is 3.09. The van der Waals surface area contributed by atoms with Crippen molar-refractivity contribution in [2.75, 3.05) is 13.2 Å². The van der Waals surface area contributed by atoms with Gasteiger partial charge in [-0.15, -0.1) is 0 Å². The molecule has 18 heavy (non-hydrogen) atoms. The molecule has 3 nitrogen and oxygen atoms in total. The van der Waals surface area contributed by atoms with Crippen LogP contribution in [0.15, 0.2) is 24.3 Å². The van der Waals surface area contributed by atoms with Gasteiger partial charge in [0.1, 0.15) is 5.82 Å². The molecular weight excluding hydrogens is 233 g/mol. The van der Waals surface area contributed by atoms with Gasteiger partial charge in [-0.2, -0.15) is 0 Å². The summed E-state index contributed by atoms with van der Waals surface area (Å²) in [5, 5.41) is 14.1. The summed E-state index contributed by atoms with van der Waals surface area (Å²) in [6, 6.07) is 7.06. The molecule has 2 N–H and O–H groups in total. The standard InChI is InChI=1S/C14H18FNO2/c15-13-4-2-1-3-10(13)5-14(17)6-11-8-18-9-12(7-14)16-11/h1-4,11-12,16-17H,5-9H2. The number of piperidine rings is 1. The number of ether oxygens (including phenoxy) is 1. The third-order valence-corrected chi connectivity index (χ3v) is 3.84. The zero-order valence-electron chi connectivity index (χ0n) is 10.2. The van der Waals surface area contributed by atoms with Crippen molar-refractivity contribution in [2.24, 2.45) is 0 Å². The topological polar surface area (TPSA) is 41.5 Å². The molecule has 2 atom stereocenters. The second-order valence-corrected chi connectivity index (χ2v) is 5.50. The number of hydrogen-bond acceptors (Lipinski definition) is 3. The lowest BCUT2D eigenvalue weighted by molar-refractivity contribution is -0.0758. The molecule has 1 aromatic carbocycles. The van der Waals surface area contributed by atoms with Gasteiger partial charge in [0.25, 0.3) is 0 Å². The predicted octanol–water partition coefficient (Wildman–Crippen LogP) is 1.25. The Balaban J connectivity index is 1.77. The van der Waals surface area contributed by atoms with E-state index in [-0.39, 0.29) is 17.9 Å². The first-order valence-electron chi connectivity index (χ1n) is 6.44. The molecule has 0 amide bonds. The second-order valence-electron chi connectivity index (χ2n) is 5.50. The highest BCUT2D eigenvalue weighted by Gasteiger charge is 2.41. The van der Waals surface area contributed by atoms with Crippen molar-refractivity contribution in [3.8, 4) is 0 Å². The van der Waals surface area contributed by atoms with Gasteiger partial charge in [-0.25, -0.2) is 4.39 Å². The summed E-state index contributed by atoms with van der Waals surface area (Å²) in [6.07, 6.45) is 1.63. The average molecular weight is 251 g/mol. The van der Waals surface area contributed by atoms with Crippen molar-refractivity contribution in [1.82, 2.24) is 5.32 Å². The third-order valence-electron chi connectivity index (χ3n) is 3.84. The minimum atomic E-state index is -0.813. The van der Waals surface area contributed by atoms with Crippen molar-refractivity contribution >= 4 is 0 Å². The number of halogens is 1. The van der Waals surface area contributed by atoms with Gasteiger partial charge < -0.3 is 15.2 Å². The molecule has 2 saturated heterocycles. The molecule has 2 aliphatic heterocycles. The largest absolute Gasteiger partial charge is 0.389 e. The van der Waals surface area contributed by atoms with E-state index in [2.05, 4.69) is 5.32 Å². The number of nitrogens with one attached hydrogen (secondary N) is 1. The van der Waals surface area contributed by atoms with Gasteiger partial charge in [0.05, 0.1) is 18.8 Å². The molecule has 2 fully saturated rings. The molecule has 2 unspecified atom stereocenters. The van der Waals surface area contributed by atoms with E-state index in [1.807, 2.05) is 6.07 Å². The Morgan fingerprint density at radius 2 is 1.94 bits per heavy atom. The molecule has 2 aliphatic rings. The molecule has 0 aliphatic carbocycles. The van der Waals surface area contributed by atoms with Crippen LogP contribution < -0.4 is 5.32 Å². The van der Waals surface area contributed by atoms with E-state index in [9.17, 15) is 9.50 Å². The van der Waals surface area contributed by atoms with Gasteiger partial charge in [-0.1, -0.05) is 18.2 Å². The highest BCUT2D eigenvalue weighted by molar-refractivity contribution is 5.20. The lowest BCUT2D eigenvalue weighted by Gasteiger charge is -2.45. The van der Waals surface area contributed by atoms with Crippen LogP contribution >= 0.6 is 0 Å². The van der Waals surface area contributed by atoms with Crippen molar-refractivity contribution in [3.05, 3.63) is 35.6 Å². The average Bonchev–Trinajstić information content (AvgIpc) is 2.31. The van der Waals surface area contributed by atoms with E-state index < -0.39 is 5.60 Å². The van der Waals surface area contributed by atoms with E-state index in [1.54, 1.807) is 12.1 Å². The highest BCUT2D eigenvalue weighted by Crippen LogP contribution is 2.31. The van der Waals surface area contributed by atoms with E-state index in [0.717, 1.165) is 0 Å². The van der Waals surface area contributed by atoms with Gasteiger partial charge in [-0.3, -0.25) is 0 Å². The fourth-order valence-electron chi connectivity index (χ4n) is 3.16. The Labute approximate surface area is 106 Å². The van der Waals surface area contributed by atoms with Crippen LogP contribution in [0.3, 0.4) is 0 Å². The van der Waals surface area contributed by atoms with Crippen LogP contribution in [0.4, 0.5) is 4.39 Å². The Hall–Kier alpha value is -0.970. The first kappa shape index (κ1) is 12.1. The van der Waals surface area contributed by atoms with Crippen LogP contribution in [0.1, 0.15) is 18.4 Å². The number of hydrogen-bond donors (Lipinski definition) is 2. The number of benzene rings is 1. The minimum Gasteiger partial charge on any atom is -0.389 e. The summed E-state index contributed by atoms with van der Waals surface area (Å²) < 4.78 is 19.1. The fraction of sp³-hybridized carbons (Fsp3) is 0.571. The zero-order chi connectivity index (χ0) is 12.6. The summed E-state index contributed by atoms with van der Waals surface area (Å²) >= 11 is 0. The summed E-state index contributed by atoms with van der Waals surface area (Å²) in [6.45, 7) is 1.27. The van der Waals surface area contributed by atoms with Crippen LogP contribution in [-0.2, 0) is 11.2 Å². The molecule has 2 bridgehead atoms. The first-order valence-corrected chi connectivity index (χ1v) is 6.44. The molecule has 0 aromatic heterocycles. The van der Waals surface area contributed by atoms with E-state index >= 15 is 0 Å². The molecule has 98 valence electrons. The number of morpholine rings is 1. The summed E-state index contributed by atoms with van der Waals surface area (Å²) in [4.78, 5) is 0. The number of fused-ring (bicyclic) bond motifs is 2. The molecule has 1 aromatic rings. The molecule has 0 saturated carbocycles. The van der Waals surface area contributed by atoms with Crippen molar-refractivity contribution in [2.45, 2.75) is 36.9 Å².